The maximum atomic E-state index is 14.2. The van der Waals surface area contributed by atoms with Gasteiger partial charge in [0.1, 0.15) is 11.6 Å². The van der Waals surface area contributed by atoms with E-state index in [0.717, 1.165) is 17.7 Å². The van der Waals surface area contributed by atoms with Crippen LogP contribution in [0, 0.1) is 5.82 Å². The van der Waals surface area contributed by atoms with Crippen molar-refractivity contribution in [1.82, 2.24) is 5.32 Å². The molecule has 0 amide bonds. The second-order valence-electron chi connectivity index (χ2n) is 5.31. The molecule has 2 aromatic rings. The van der Waals surface area contributed by atoms with Gasteiger partial charge in [-0.05, 0) is 48.2 Å². The summed E-state index contributed by atoms with van der Waals surface area (Å²) in [5.41, 5.74) is 2.38. The van der Waals surface area contributed by atoms with Gasteiger partial charge in [-0.25, -0.2) is 4.39 Å². The largest absolute Gasteiger partial charge is 0.497 e. The van der Waals surface area contributed by atoms with Crippen LogP contribution in [-0.4, -0.2) is 13.2 Å². The summed E-state index contributed by atoms with van der Waals surface area (Å²) in [5, 5.41) is 4.14. The number of benzene rings is 2. The Balaban J connectivity index is 1.88. The molecule has 1 aliphatic carbocycles. The van der Waals surface area contributed by atoms with Crippen LogP contribution in [0.5, 0.6) is 5.75 Å². The van der Waals surface area contributed by atoms with E-state index in [2.05, 4.69) is 5.32 Å². The monoisotopic (exact) mass is 305 g/mol. The number of halogens is 2. The van der Waals surface area contributed by atoms with Crippen LogP contribution in [0.2, 0.25) is 5.02 Å². The highest BCUT2D eigenvalue weighted by atomic mass is 35.5. The van der Waals surface area contributed by atoms with E-state index >= 15 is 0 Å². The topological polar surface area (TPSA) is 21.3 Å². The van der Waals surface area contributed by atoms with E-state index in [-0.39, 0.29) is 5.82 Å². The number of hydrogen-bond acceptors (Lipinski definition) is 2. The van der Waals surface area contributed by atoms with Gasteiger partial charge in [0, 0.05) is 29.2 Å². The Morgan fingerprint density at radius 2 is 2.05 bits per heavy atom. The molecule has 0 aliphatic heterocycles. The van der Waals surface area contributed by atoms with Crippen LogP contribution in [0.4, 0.5) is 4.39 Å². The summed E-state index contributed by atoms with van der Waals surface area (Å²) in [6.07, 6.45) is 2.45. The zero-order valence-corrected chi connectivity index (χ0v) is 12.6. The van der Waals surface area contributed by atoms with E-state index in [4.69, 9.17) is 16.3 Å². The summed E-state index contributed by atoms with van der Waals surface area (Å²) in [6, 6.07) is 11.1. The van der Waals surface area contributed by atoms with Crippen molar-refractivity contribution in [2.45, 2.75) is 25.4 Å². The maximum absolute atomic E-state index is 14.2. The lowest BCUT2D eigenvalue weighted by Crippen LogP contribution is -2.15. The van der Waals surface area contributed by atoms with Crippen molar-refractivity contribution < 1.29 is 9.13 Å². The molecule has 0 aromatic heterocycles. The molecule has 0 bridgehead atoms. The van der Waals surface area contributed by atoms with E-state index in [9.17, 15) is 4.39 Å². The Morgan fingerprint density at radius 3 is 2.71 bits per heavy atom. The molecule has 1 saturated carbocycles. The molecular weight excluding hydrogens is 289 g/mol. The van der Waals surface area contributed by atoms with Gasteiger partial charge >= 0.3 is 0 Å². The SMILES string of the molecule is COc1ccc(-c2ccc(Cl)c(CNC3CC3)c2)c(F)c1. The molecule has 2 aromatic carbocycles. The van der Waals surface area contributed by atoms with Gasteiger partial charge in [-0.15, -0.1) is 0 Å². The first-order valence-corrected chi connectivity index (χ1v) is 7.41. The standard InChI is InChI=1S/C17H17ClFNO/c1-21-14-5-6-15(17(19)9-14)11-2-7-16(18)12(8-11)10-20-13-3-4-13/h2,5-9,13,20H,3-4,10H2,1H3. The van der Waals surface area contributed by atoms with Gasteiger partial charge < -0.3 is 10.1 Å². The molecule has 1 aliphatic rings. The number of ether oxygens (including phenoxy) is 1. The second-order valence-corrected chi connectivity index (χ2v) is 5.71. The van der Waals surface area contributed by atoms with Gasteiger partial charge in [0.2, 0.25) is 0 Å². The van der Waals surface area contributed by atoms with Crippen molar-refractivity contribution in [3.63, 3.8) is 0 Å². The fourth-order valence-electron chi connectivity index (χ4n) is 2.28. The summed E-state index contributed by atoms with van der Waals surface area (Å²) in [7, 11) is 1.53. The Bertz CT molecular complexity index is 655. The lowest BCUT2D eigenvalue weighted by molar-refractivity contribution is 0.411. The maximum Gasteiger partial charge on any atom is 0.134 e. The quantitative estimate of drug-likeness (QED) is 0.883. The molecule has 4 heteroatoms. The molecule has 2 nitrogen and oxygen atoms in total. The van der Waals surface area contributed by atoms with Crippen molar-refractivity contribution in [3.8, 4) is 16.9 Å². The first-order chi connectivity index (χ1) is 10.2. The molecule has 21 heavy (non-hydrogen) atoms. The summed E-state index contributed by atoms with van der Waals surface area (Å²) in [6.45, 7) is 0.717. The zero-order valence-electron chi connectivity index (χ0n) is 11.8. The Kier molecular flexibility index (Phi) is 4.13. The Labute approximate surface area is 128 Å². The zero-order chi connectivity index (χ0) is 14.8. The van der Waals surface area contributed by atoms with E-state index < -0.39 is 0 Å². The number of methoxy groups -OCH3 is 1. The molecule has 0 radical (unpaired) electrons. The van der Waals surface area contributed by atoms with Crippen LogP contribution in [0.25, 0.3) is 11.1 Å². The highest BCUT2D eigenvalue weighted by Crippen LogP contribution is 2.30. The lowest BCUT2D eigenvalue weighted by Gasteiger charge is -2.10. The molecule has 0 heterocycles. The minimum absolute atomic E-state index is 0.294. The molecule has 0 spiro atoms. The predicted molar refractivity (Wildman–Crippen MR) is 83.3 cm³/mol. The first kappa shape index (κ1) is 14.4. The van der Waals surface area contributed by atoms with Crippen molar-refractivity contribution >= 4 is 11.6 Å². The van der Waals surface area contributed by atoms with Gasteiger partial charge in [-0.2, -0.15) is 0 Å². The number of nitrogens with one attached hydrogen (secondary N) is 1. The smallest absolute Gasteiger partial charge is 0.134 e. The van der Waals surface area contributed by atoms with E-state index in [0.29, 0.717) is 22.4 Å². The third-order valence-electron chi connectivity index (χ3n) is 3.69. The predicted octanol–water partition coefficient (Wildman–Crippen LogP) is 4.41. The summed E-state index contributed by atoms with van der Waals surface area (Å²) in [5.74, 6) is 0.221. The fourth-order valence-corrected chi connectivity index (χ4v) is 2.46. The van der Waals surface area contributed by atoms with Crippen LogP contribution >= 0.6 is 11.6 Å². The van der Waals surface area contributed by atoms with Crippen molar-refractivity contribution in [2.75, 3.05) is 7.11 Å². The minimum Gasteiger partial charge on any atom is -0.497 e. The molecule has 1 fully saturated rings. The Morgan fingerprint density at radius 1 is 1.24 bits per heavy atom. The number of hydrogen-bond donors (Lipinski definition) is 1. The van der Waals surface area contributed by atoms with E-state index in [1.807, 2.05) is 18.2 Å². The van der Waals surface area contributed by atoms with Gasteiger partial charge in [0.05, 0.1) is 7.11 Å². The molecular formula is C17H17ClFNO. The normalized spacial score (nSPS) is 14.2. The third kappa shape index (κ3) is 3.36. The summed E-state index contributed by atoms with van der Waals surface area (Å²) in [4.78, 5) is 0. The minimum atomic E-state index is -0.294. The average Bonchev–Trinajstić information content (AvgIpc) is 3.31. The Hall–Kier alpha value is -1.58. The van der Waals surface area contributed by atoms with Crippen LogP contribution in [-0.2, 0) is 6.54 Å². The molecule has 110 valence electrons. The van der Waals surface area contributed by atoms with Gasteiger partial charge in [-0.3, -0.25) is 0 Å². The molecule has 0 atom stereocenters. The van der Waals surface area contributed by atoms with Gasteiger partial charge in [-0.1, -0.05) is 17.7 Å². The lowest BCUT2D eigenvalue weighted by atomic mass is 10.0. The van der Waals surface area contributed by atoms with Crippen molar-refractivity contribution in [1.29, 1.82) is 0 Å². The highest BCUT2D eigenvalue weighted by molar-refractivity contribution is 6.31. The molecule has 1 N–H and O–H groups in total. The summed E-state index contributed by atoms with van der Waals surface area (Å²) < 4.78 is 19.2. The first-order valence-electron chi connectivity index (χ1n) is 7.03. The second kappa shape index (κ2) is 6.04. The average molecular weight is 306 g/mol. The van der Waals surface area contributed by atoms with Crippen LogP contribution in [0.1, 0.15) is 18.4 Å². The number of rotatable bonds is 5. The molecule has 3 rings (SSSR count). The van der Waals surface area contributed by atoms with Crippen molar-refractivity contribution in [3.05, 3.63) is 52.8 Å². The molecule has 0 saturated heterocycles. The summed E-state index contributed by atoms with van der Waals surface area (Å²) >= 11 is 6.22. The van der Waals surface area contributed by atoms with Crippen LogP contribution < -0.4 is 10.1 Å². The fraction of sp³-hybridized carbons (Fsp3) is 0.294. The van der Waals surface area contributed by atoms with E-state index in [1.54, 1.807) is 12.1 Å². The van der Waals surface area contributed by atoms with Crippen molar-refractivity contribution in [2.24, 2.45) is 0 Å². The van der Waals surface area contributed by atoms with Gasteiger partial charge in [0.15, 0.2) is 0 Å². The van der Waals surface area contributed by atoms with Crippen LogP contribution in [0.3, 0.4) is 0 Å². The van der Waals surface area contributed by atoms with E-state index in [1.165, 1.54) is 26.0 Å². The molecule has 0 unspecified atom stereocenters. The third-order valence-corrected chi connectivity index (χ3v) is 4.06. The highest BCUT2D eigenvalue weighted by Gasteiger charge is 2.20. The van der Waals surface area contributed by atoms with Gasteiger partial charge in [0.25, 0.3) is 0 Å². The van der Waals surface area contributed by atoms with Crippen LogP contribution in [0.15, 0.2) is 36.4 Å².